The lowest BCUT2D eigenvalue weighted by Gasteiger charge is -1.99. The molecule has 2 N–H and O–H groups in total. The number of rotatable bonds is 1. The van der Waals surface area contributed by atoms with Gasteiger partial charge in [0.25, 0.3) is 5.91 Å². The lowest BCUT2D eigenvalue weighted by Crippen LogP contribution is -2.12. The van der Waals surface area contributed by atoms with Gasteiger partial charge < -0.3 is 5.73 Å². The number of hydrogen-bond donors (Lipinski definition) is 1. The van der Waals surface area contributed by atoms with Gasteiger partial charge in [0.05, 0.1) is 5.52 Å². The van der Waals surface area contributed by atoms with Crippen LogP contribution in [0.3, 0.4) is 0 Å². The number of fused-ring (bicyclic) bond motifs is 1. The van der Waals surface area contributed by atoms with E-state index in [0.717, 1.165) is 5.39 Å². The second-order valence-electron chi connectivity index (χ2n) is 2.81. The molecule has 2 rings (SSSR count). The Morgan fingerprint density at radius 3 is 3.00 bits per heavy atom. The van der Waals surface area contributed by atoms with Gasteiger partial charge in [0, 0.05) is 10.4 Å². The smallest absolute Gasteiger partial charge is 0.267 e. The largest absolute Gasteiger partial charge is 0.364 e. The number of nitrogens with zero attached hydrogens (tertiary/aromatic N) is 1. The van der Waals surface area contributed by atoms with Crippen LogP contribution in [0, 0.1) is 6.07 Å². The fourth-order valence-electron chi connectivity index (χ4n) is 1.15. The van der Waals surface area contributed by atoms with Gasteiger partial charge in [0.2, 0.25) is 0 Å². The highest BCUT2D eigenvalue weighted by Crippen LogP contribution is 2.17. The van der Waals surface area contributed by atoms with Crippen molar-refractivity contribution < 1.29 is 4.79 Å². The van der Waals surface area contributed by atoms with Crippen LogP contribution >= 0.6 is 11.6 Å². The van der Waals surface area contributed by atoms with E-state index in [1.165, 1.54) is 6.07 Å². The van der Waals surface area contributed by atoms with E-state index >= 15 is 0 Å². The number of pyridine rings is 1. The molecule has 0 spiro atoms. The van der Waals surface area contributed by atoms with E-state index in [2.05, 4.69) is 11.1 Å². The summed E-state index contributed by atoms with van der Waals surface area (Å²) in [5, 5.41) is 1.37. The Hall–Kier alpha value is -1.61. The minimum Gasteiger partial charge on any atom is -0.364 e. The Balaban J connectivity index is 2.69. The van der Waals surface area contributed by atoms with Crippen molar-refractivity contribution in [3.8, 4) is 0 Å². The maximum Gasteiger partial charge on any atom is 0.267 e. The summed E-state index contributed by atoms with van der Waals surface area (Å²) in [4.78, 5) is 14.9. The van der Waals surface area contributed by atoms with Crippen molar-refractivity contribution in [1.82, 2.24) is 4.98 Å². The molecule has 69 valence electrons. The van der Waals surface area contributed by atoms with Crippen molar-refractivity contribution in [2.24, 2.45) is 5.73 Å². The van der Waals surface area contributed by atoms with Crippen molar-refractivity contribution in [3.05, 3.63) is 41.0 Å². The van der Waals surface area contributed by atoms with E-state index in [0.29, 0.717) is 10.5 Å². The maximum atomic E-state index is 10.8. The fourth-order valence-corrected chi connectivity index (χ4v) is 1.32. The Morgan fingerprint density at radius 2 is 2.29 bits per heavy atom. The summed E-state index contributed by atoms with van der Waals surface area (Å²) in [7, 11) is 0. The molecule has 0 saturated heterocycles. The Labute approximate surface area is 85.5 Å². The molecular weight excluding hydrogens is 200 g/mol. The first-order valence-electron chi connectivity index (χ1n) is 3.94. The first-order valence-corrected chi connectivity index (χ1v) is 4.32. The average molecular weight is 206 g/mol. The summed E-state index contributed by atoms with van der Waals surface area (Å²) in [6.07, 6.45) is 0. The Morgan fingerprint density at radius 1 is 1.50 bits per heavy atom. The molecule has 0 aliphatic heterocycles. The SMILES string of the molecule is NC(=O)c1c[c]c2ccc(Cl)cc2n1. The van der Waals surface area contributed by atoms with Crippen molar-refractivity contribution in [2.45, 2.75) is 0 Å². The van der Waals surface area contributed by atoms with Gasteiger partial charge in [-0.1, -0.05) is 17.7 Å². The molecule has 2 aromatic rings. The number of amides is 1. The molecule has 0 unspecified atom stereocenters. The van der Waals surface area contributed by atoms with Gasteiger partial charge in [0.1, 0.15) is 5.69 Å². The van der Waals surface area contributed by atoms with Gasteiger partial charge in [-0.2, -0.15) is 0 Å². The number of carbonyl (C=O) groups is 1. The number of hydrogen-bond acceptors (Lipinski definition) is 2. The summed E-state index contributed by atoms with van der Waals surface area (Å²) < 4.78 is 0. The molecule has 0 saturated carbocycles. The quantitative estimate of drug-likeness (QED) is 0.772. The maximum absolute atomic E-state index is 10.8. The zero-order valence-electron chi connectivity index (χ0n) is 7.12. The minimum atomic E-state index is -0.567. The van der Waals surface area contributed by atoms with E-state index in [1.807, 2.05) is 0 Å². The monoisotopic (exact) mass is 205 g/mol. The molecule has 0 fully saturated rings. The highest BCUT2D eigenvalue weighted by Gasteiger charge is 2.03. The standard InChI is InChI=1S/C10H6ClN2O/c11-7-3-1-6-2-4-8(10(12)14)13-9(6)5-7/h1,3-5H,(H2,12,14). The molecule has 1 amide bonds. The van der Waals surface area contributed by atoms with E-state index < -0.39 is 5.91 Å². The molecule has 1 heterocycles. The second kappa shape index (κ2) is 3.27. The second-order valence-corrected chi connectivity index (χ2v) is 3.25. The first-order chi connectivity index (χ1) is 6.66. The van der Waals surface area contributed by atoms with Crippen LogP contribution in [0.25, 0.3) is 10.9 Å². The first kappa shape index (κ1) is 8.97. The molecule has 1 radical (unpaired) electrons. The molecule has 4 heteroatoms. The van der Waals surface area contributed by atoms with E-state index in [-0.39, 0.29) is 5.69 Å². The number of nitrogens with two attached hydrogens (primary N) is 1. The molecule has 0 aliphatic rings. The molecule has 0 aliphatic carbocycles. The van der Waals surface area contributed by atoms with Gasteiger partial charge in [-0.25, -0.2) is 4.98 Å². The van der Waals surface area contributed by atoms with Gasteiger partial charge in [-0.05, 0) is 24.3 Å². The summed E-state index contributed by atoms with van der Waals surface area (Å²) in [5.41, 5.74) is 5.90. The summed E-state index contributed by atoms with van der Waals surface area (Å²) in [6.45, 7) is 0. The molecule has 0 bridgehead atoms. The molecule has 14 heavy (non-hydrogen) atoms. The Kier molecular flexibility index (Phi) is 2.09. The third-order valence-corrected chi connectivity index (χ3v) is 2.05. The highest BCUT2D eigenvalue weighted by molar-refractivity contribution is 6.31. The van der Waals surface area contributed by atoms with Gasteiger partial charge >= 0.3 is 0 Å². The normalized spacial score (nSPS) is 10.4. The van der Waals surface area contributed by atoms with Crippen LogP contribution in [0.15, 0.2) is 24.3 Å². The fraction of sp³-hybridized carbons (Fsp3) is 0. The third-order valence-electron chi connectivity index (χ3n) is 1.82. The van der Waals surface area contributed by atoms with Crippen LogP contribution in [0.1, 0.15) is 10.5 Å². The molecule has 1 aromatic heterocycles. The van der Waals surface area contributed by atoms with Gasteiger partial charge in [0.15, 0.2) is 0 Å². The third kappa shape index (κ3) is 1.54. The lowest BCUT2D eigenvalue weighted by molar-refractivity contribution is 0.0996. The molecule has 0 atom stereocenters. The summed E-state index contributed by atoms with van der Waals surface area (Å²) >= 11 is 5.78. The number of halogens is 1. The van der Waals surface area contributed by atoms with Crippen LogP contribution < -0.4 is 5.73 Å². The predicted molar refractivity (Wildman–Crippen MR) is 54.1 cm³/mol. The molecular formula is C10H6ClN2O. The van der Waals surface area contributed by atoms with Gasteiger partial charge in [-0.15, -0.1) is 0 Å². The topological polar surface area (TPSA) is 56.0 Å². The number of primary amides is 1. The van der Waals surface area contributed by atoms with Crippen LogP contribution in [-0.4, -0.2) is 10.9 Å². The number of aromatic nitrogens is 1. The highest BCUT2D eigenvalue weighted by atomic mass is 35.5. The lowest BCUT2D eigenvalue weighted by atomic mass is 10.2. The van der Waals surface area contributed by atoms with Gasteiger partial charge in [-0.3, -0.25) is 4.79 Å². The Bertz CT molecular complexity index is 510. The van der Waals surface area contributed by atoms with Crippen LogP contribution in [0.4, 0.5) is 0 Å². The summed E-state index contributed by atoms with van der Waals surface area (Å²) in [5.74, 6) is -0.567. The van der Waals surface area contributed by atoms with E-state index in [1.54, 1.807) is 18.2 Å². The minimum absolute atomic E-state index is 0.194. The van der Waals surface area contributed by atoms with E-state index in [9.17, 15) is 4.79 Å². The van der Waals surface area contributed by atoms with Crippen LogP contribution in [0.2, 0.25) is 5.02 Å². The van der Waals surface area contributed by atoms with Crippen molar-refractivity contribution in [3.63, 3.8) is 0 Å². The van der Waals surface area contributed by atoms with Crippen LogP contribution in [-0.2, 0) is 0 Å². The van der Waals surface area contributed by atoms with E-state index in [4.69, 9.17) is 17.3 Å². The van der Waals surface area contributed by atoms with Crippen molar-refractivity contribution in [2.75, 3.05) is 0 Å². The zero-order valence-corrected chi connectivity index (χ0v) is 7.88. The van der Waals surface area contributed by atoms with Crippen molar-refractivity contribution in [1.29, 1.82) is 0 Å². The predicted octanol–water partition coefficient (Wildman–Crippen LogP) is 1.79. The average Bonchev–Trinajstić information content (AvgIpc) is 2.16. The number of benzene rings is 1. The van der Waals surface area contributed by atoms with Crippen LogP contribution in [0.5, 0.6) is 0 Å². The summed E-state index contributed by atoms with van der Waals surface area (Å²) in [6, 6.07) is 9.57. The molecule has 1 aromatic carbocycles. The zero-order chi connectivity index (χ0) is 10.1. The molecule has 3 nitrogen and oxygen atoms in total. The number of carbonyl (C=O) groups excluding carboxylic acids is 1. The van der Waals surface area contributed by atoms with Crippen molar-refractivity contribution >= 4 is 28.4 Å².